The van der Waals surface area contributed by atoms with E-state index in [1.807, 2.05) is 24.3 Å². The zero-order chi connectivity index (χ0) is 49.0. The van der Waals surface area contributed by atoms with E-state index in [0.717, 1.165) is 73.1 Å². The Morgan fingerprint density at radius 1 is 0.797 bits per heavy atom. The van der Waals surface area contributed by atoms with Gasteiger partial charge in [0, 0.05) is 82.3 Å². The van der Waals surface area contributed by atoms with Gasteiger partial charge in [0.05, 0.1) is 48.7 Å². The Hall–Kier alpha value is -5.23. The molecule has 5 N–H and O–H groups in total. The van der Waals surface area contributed by atoms with Gasteiger partial charge < -0.3 is 39.4 Å². The fourth-order valence-corrected chi connectivity index (χ4v) is 7.74. The number of halogens is 5. The topological polar surface area (TPSA) is 224 Å². The van der Waals surface area contributed by atoms with Crippen LogP contribution >= 0.6 is 50.2 Å². The van der Waals surface area contributed by atoms with Crippen molar-refractivity contribution in [3.8, 4) is 11.5 Å². The molecule has 0 saturated heterocycles. The van der Waals surface area contributed by atoms with Crippen LogP contribution in [0.4, 0.5) is 13.2 Å². The van der Waals surface area contributed by atoms with Gasteiger partial charge in [0.2, 0.25) is 11.9 Å². The first-order valence-electron chi connectivity index (χ1n) is 21.5. The van der Waals surface area contributed by atoms with Gasteiger partial charge in [-0.1, -0.05) is 35.3 Å². The Morgan fingerprint density at radius 3 is 1.68 bits per heavy atom. The SMILES string of the molecule is NC[C@H](O)CN1CCc2c(ccc(OCc3cnco3)c2Cl)C1.O=C(CC[C@H](O)CN1CCc2c(ccc(OCc3cnco3)c2Cl)C1)c1ccnc(F)c1.O=C(O)c1ccnc(F)c1.S.S.[2H]CF. The zero-order valence-corrected chi connectivity index (χ0v) is 40.6. The molecule has 2 aromatic carbocycles. The predicted octanol–water partition coefficient (Wildman–Crippen LogP) is 7.14. The van der Waals surface area contributed by atoms with Crippen molar-refractivity contribution in [3.05, 3.63) is 153 Å². The number of carboxylic acids is 1. The number of hydrogen-bond acceptors (Lipinski definition) is 15. The van der Waals surface area contributed by atoms with Crippen molar-refractivity contribution in [3.63, 3.8) is 0 Å². The molecule has 6 heterocycles. The van der Waals surface area contributed by atoms with Crippen LogP contribution in [0.15, 0.2) is 94.9 Å². The monoisotopic (exact) mass is 1040 g/mol. The molecule has 0 spiro atoms. The molecule has 374 valence electrons. The molecule has 69 heavy (non-hydrogen) atoms. The molecule has 4 aromatic heterocycles. The van der Waals surface area contributed by atoms with Gasteiger partial charge >= 0.3 is 5.97 Å². The number of nitrogens with two attached hydrogens (primary N) is 1. The Bertz CT molecular complexity index is 2530. The number of carbonyl (C=O) groups is 2. The zero-order valence-electron chi connectivity index (χ0n) is 38.1. The molecule has 23 heteroatoms. The summed E-state index contributed by atoms with van der Waals surface area (Å²) in [5.41, 5.74) is 10.1. The fourth-order valence-electron chi connectivity index (χ4n) is 7.07. The van der Waals surface area contributed by atoms with Gasteiger partial charge in [-0.2, -0.15) is 35.8 Å². The number of Topliss-reactive ketones (excluding diaryl/α,β-unsaturated/α-hetero) is 1. The van der Waals surface area contributed by atoms with E-state index in [1.165, 1.54) is 31.1 Å². The highest BCUT2D eigenvalue weighted by atomic mass is 35.5. The van der Waals surface area contributed by atoms with Gasteiger partial charge in [-0.15, -0.1) is 0 Å². The Kier molecular flexibility index (Phi) is 24.3. The number of aliphatic hydroxyl groups excluding tert-OH is 2. The predicted molar refractivity (Wildman–Crippen MR) is 260 cm³/mol. The quantitative estimate of drug-likeness (QED) is 0.0559. The van der Waals surface area contributed by atoms with E-state index in [9.17, 15) is 33.0 Å². The number of pyridine rings is 2. The molecule has 0 amide bonds. The first kappa shape index (κ1) is 56.4. The van der Waals surface area contributed by atoms with Crippen LogP contribution in [0.25, 0.3) is 0 Å². The molecule has 0 aliphatic carbocycles. The lowest BCUT2D eigenvalue weighted by atomic mass is 9.98. The Balaban J connectivity index is 0.000000297. The van der Waals surface area contributed by atoms with Gasteiger partial charge in [-0.05, 0) is 65.8 Å². The number of fused-ring (bicyclic) bond motifs is 2. The normalized spacial score (nSPS) is 13.8. The highest BCUT2D eigenvalue weighted by Crippen LogP contribution is 2.36. The van der Waals surface area contributed by atoms with Crippen LogP contribution < -0.4 is 15.2 Å². The summed E-state index contributed by atoms with van der Waals surface area (Å²) in [5, 5.41) is 29.7. The minimum absolute atomic E-state index is 0. The highest BCUT2D eigenvalue weighted by Gasteiger charge is 2.24. The van der Waals surface area contributed by atoms with Crippen LogP contribution in [0.2, 0.25) is 10.0 Å². The maximum Gasteiger partial charge on any atom is 0.335 e. The number of hydrogen-bond donors (Lipinski definition) is 4. The molecule has 0 saturated carbocycles. The van der Waals surface area contributed by atoms with Crippen molar-refractivity contribution < 1.29 is 57.8 Å². The lowest BCUT2D eigenvalue weighted by molar-refractivity contribution is 0.0695. The van der Waals surface area contributed by atoms with Crippen molar-refractivity contribution in [1.29, 1.82) is 0 Å². The number of benzene rings is 2. The van der Waals surface area contributed by atoms with Gasteiger partial charge in [0.25, 0.3) is 0 Å². The Morgan fingerprint density at radius 2 is 1.26 bits per heavy atom. The van der Waals surface area contributed by atoms with E-state index in [-0.39, 0.29) is 63.5 Å². The van der Waals surface area contributed by atoms with Crippen LogP contribution in [0.3, 0.4) is 0 Å². The number of ketones is 1. The third kappa shape index (κ3) is 17.9. The van der Waals surface area contributed by atoms with Crippen LogP contribution in [-0.2, 0) is 39.1 Å². The molecule has 6 aromatic rings. The number of alkyl halides is 1. The standard InChI is InChI=1S/C23H23ClFN3O4.C16H20ClN3O3.C6H4FNO2.CH3F.2H2S/c24-23-19-6-8-28(11-16(19)1-4-21(23)31-13-18-10-26-14-32-18)12-17(29)2-3-20(30)15-5-7-27-22(25)9-15;17-16-14-3-4-20(8-12(21)5-18)7-11(14)1-2-15(16)22-9-13-6-19-10-23-13;7-5-3-4(6(9)10)1-2-8-5;1-2;;/h1,4-5,7,9-10,14,17,29H,2-3,6,8,11-13H2;1-2,6,10,12,21H,3-5,7-9,18H2;1-3H,(H,9,10);1H3;2*1H2/t17-;12-;;;;/m00..../s1/i;;;1D;;. The van der Waals surface area contributed by atoms with Crippen LogP contribution in [0.1, 0.15) is 68.7 Å². The third-order valence-electron chi connectivity index (χ3n) is 10.4. The second-order valence-electron chi connectivity index (χ2n) is 15.1. The number of aromatic carboxylic acids is 1. The van der Waals surface area contributed by atoms with Crippen molar-refractivity contribution in [2.75, 3.05) is 39.9 Å². The number of carboxylic acid groups (broad SMARTS) is 1. The molecule has 2 aliphatic rings. The van der Waals surface area contributed by atoms with E-state index in [4.69, 9.17) is 53.7 Å². The Labute approximate surface area is 421 Å². The minimum atomic E-state index is -1.15. The second kappa shape index (κ2) is 29.7. The summed E-state index contributed by atoms with van der Waals surface area (Å²) in [5.74, 6) is -0.306. The molecular weight excluding hydrogens is 987 g/mol. The first-order valence-corrected chi connectivity index (χ1v) is 21.5. The summed E-state index contributed by atoms with van der Waals surface area (Å²) in [6, 6.07) is 12.4. The molecule has 0 radical (unpaired) electrons. The third-order valence-corrected chi connectivity index (χ3v) is 11.2. The fraction of sp³-hybridized carbons (Fsp3) is 0.348. The van der Waals surface area contributed by atoms with E-state index in [2.05, 4.69) is 29.7 Å². The number of ether oxygens (including phenoxy) is 2. The lowest BCUT2D eigenvalue weighted by Crippen LogP contribution is -2.39. The number of β-amino-alcohol motifs (C(OH)–C–C–N with tert-alkyl or cyclic N) is 2. The van der Waals surface area contributed by atoms with Gasteiger partial charge in [0.1, 0.15) is 24.7 Å². The number of aliphatic hydroxyl groups is 2. The molecule has 0 unspecified atom stereocenters. The lowest BCUT2D eigenvalue weighted by Gasteiger charge is -2.31. The largest absolute Gasteiger partial charge is 0.484 e. The van der Waals surface area contributed by atoms with E-state index < -0.39 is 37.2 Å². The average molecular weight is 1040 g/mol. The summed E-state index contributed by atoms with van der Waals surface area (Å²) < 4.78 is 62.6. The smallest absolute Gasteiger partial charge is 0.335 e. The van der Waals surface area contributed by atoms with E-state index in [1.54, 1.807) is 12.4 Å². The molecule has 2 atom stereocenters. The van der Waals surface area contributed by atoms with Crippen LogP contribution in [0, 0.1) is 11.9 Å². The number of aromatic nitrogens is 4. The summed E-state index contributed by atoms with van der Waals surface area (Å²) in [6.07, 6.45) is 9.17. The molecule has 0 bridgehead atoms. The summed E-state index contributed by atoms with van der Waals surface area (Å²) in [4.78, 5) is 41.0. The van der Waals surface area contributed by atoms with Crippen molar-refractivity contribution in [2.24, 2.45) is 5.73 Å². The van der Waals surface area contributed by atoms with Gasteiger partial charge in [0.15, 0.2) is 30.1 Å². The summed E-state index contributed by atoms with van der Waals surface area (Å²) >= 11 is 13.1. The number of rotatable bonds is 16. The average Bonchev–Trinajstić information content (AvgIpc) is 4.07. The van der Waals surface area contributed by atoms with Crippen molar-refractivity contribution in [2.45, 2.75) is 64.2 Å². The maximum absolute atomic E-state index is 13.2. The molecular formula is C46H54Cl2F3N7O9S2. The maximum atomic E-state index is 13.2. The molecule has 2 aliphatic heterocycles. The molecule has 8 rings (SSSR count). The van der Waals surface area contributed by atoms with Gasteiger partial charge in [-0.25, -0.2) is 24.7 Å². The molecule has 16 nitrogen and oxygen atoms in total. The second-order valence-corrected chi connectivity index (χ2v) is 15.8. The van der Waals surface area contributed by atoms with Gasteiger partial charge in [-0.3, -0.25) is 19.0 Å². The number of nitrogens with zero attached hydrogens (tertiary/aromatic N) is 6. The van der Waals surface area contributed by atoms with Crippen LogP contribution in [0.5, 0.6) is 11.5 Å². The van der Waals surface area contributed by atoms with Crippen molar-refractivity contribution >= 4 is 61.9 Å². The number of carbonyl (C=O) groups excluding carboxylic acids is 1. The summed E-state index contributed by atoms with van der Waals surface area (Å²) in [7, 11) is -1.00. The van der Waals surface area contributed by atoms with E-state index >= 15 is 0 Å². The minimum Gasteiger partial charge on any atom is -0.484 e. The first-order chi connectivity index (χ1) is 32.8. The highest BCUT2D eigenvalue weighted by molar-refractivity contribution is 7.59. The van der Waals surface area contributed by atoms with Crippen molar-refractivity contribution in [1.82, 2.24) is 29.7 Å². The van der Waals surface area contributed by atoms with E-state index in [0.29, 0.717) is 65.7 Å². The molecule has 0 fully saturated rings. The van der Waals surface area contributed by atoms with Crippen LogP contribution in [-0.4, -0.2) is 109 Å². The number of oxazole rings is 2. The summed E-state index contributed by atoms with van der Waals surface area (Å²) in [6.45, 7) is 4.84.